The summed E-state index contributed by atoms with van der Waals surface area (Å²) in [5, 5.41) is 10.7. The first-order valence-corrected chi connectivity index (χ1v) is 6.76. The van der Waals surface area contributed by atoms with Crippen LogP contribution in [0.1, 0.15) is 5.56 Å². The van der Waals surface area contributed by atoms with Crippen LogP contribution in [0.2, 0.25) is 0 Å². The molecule has 21 heavy (non-hydrogen) atoms. The number of halogens is 1. The van der Waals surface area contributed by atoms with Gasteiger partial charge in [-0.1, -0.05) is 0 Å². The molecule has 0 fully saturated rings. The topological polar surface area (TPSA) is 82.6 Å². The Labute approximate surface area is 127 Å². The van der Waals surface area contributed by atoms with Crippen molar-refractivity contribution in [1.29, 1.82) is 0 Å². The Hall–Kier alpha value is -2.48. The van der Waals surface area contributed by atoms with Crippen molar-refractivity contribution in [3.05, 3.63) is 57.1 Å². The molecule has 106 valence electrons. The maximum absolute atomic E-state index is 10.7. The predicted molar refractivity (Wildman–Crippen MR) is 78.6 cm³/mol. The van der Waals surface area contributed by atoms with Gasteiger partial charge < -0.3 is 4.74 Å². The Kier molecular flexibility index (Phi) is 3.30. The summed E-state index contributed by atoms with van der Waals surface area (Å²) in [5.41, 5.74) is 1.24. The number of fused-ring (bicyclic) bond motifs is 1. The molecule has 3 aromatic rings. The van der Waals surface area contributed by atoms with E-state index in [0.717, 1.165) is 0 Å². The highest BCUT2D eigenvalue weighted by Gasteiger charge is 2.13. The van der Waals surface area contributed by atoms with Crippen molar-refractivity contribution in [3.63, 3.8) is 0 Å². The van der Waals surface area contributed by atoms with Crippen molar-refractivity contribution in [2.75, 3.05) is 0 Å². The average Bonchev–Trinajstić information content (AvgIpc) is 2.88. The lowest BCUT2D eigenvalue weighted by Gasteiger charge is -2.09. The molecule has 0 saturated heterocycles. The molecule has 0 N–H and O–H groups in total. The second kappa shape index (κ2) is 5.13. The standard InChI is InChI=1S/C13H9BrN4O3/c1-8-6-9(18(19)20)2-3-10(8)21-13-12-15-4-5-17(12)7-11(14)16-13/h2-7H,1H3. The van der Waals surface area contributed by atoms with Gasteiger partial charge in [-0.25, -0.2) is 9.97 Å². The number of nitro benzene ring substituents is 1. The van der Waals surface area contributed by atoms with Gasteiger partial charge in [0.15, 0.2) is 0 Å². The molecule has 0 amide bonds. The lowest BCUT2D eigenvalue weighted by molar-refractivity contribution is -0.384. The van der Waals surface area contributed by atoms with E-state index in [1.54, 1.807) is 36.0 Å². The van der Waals surface area contributed by atoms with Gasteiger partial charge in [0.2, 0.25) is 5.65 Å². The van der Waals surface area contributed by atoms with E-state index >= 15 is 0 Å². The van der Waals surface area contributed by atoms with Gasteiger partial charge in [0.05, 0.1) is 4.92 Å². The van der Waals surface area contributed by atoms with E-state index in [0.29, 0.717) is 27.4 Å². The summed E-state index contributed by atoms with van der Waals surface area (Å²) < 4.78 is 8.12. The van der Waals surface area contributed by atoms with E-state index in [2.05, 4.69) is 25.9 Å². The molecule has 0 aliphatic carbocycles. The third kappa shape index (κ3) is 2.57. The zero-order chi connectivity index (χ0) is 15.0. The van der Waals surface area contributed by atoms with E-state index in [1.807, 2.05) is 0 Å². The molecular weight excluding hydrogens is 340 g/mol. The number of hydrogen-bond donors (Lipinski definition) is 0. The Morgan fingerprint density at radius 1 is 1.43 bits per heavy atom. The van der Waals surface area contributed by atoms with Gasteiger partial charge in [-0.15, -0.1) is 0 Å². The smallest absolute Gasteiger partial charge is 0.269 e. The van der Waals surface area contributed by atoms with Crippen molar-refractivity contribution >= 4 is 27.3 Å². The van der Waals surface area contributed by atoms with Gasteiger partial charge in [0.25, 0.3) is 11.6 Å². The van der Waals surface area contributed by atoms with E-state index in [4.69, 9.17) is 4.74 Å². The van der Waals surface area contributed by atoms with Crippen molar-refractivity contribution in [1.82, 2.24) is 14.4 Å². The van der Waals surface area contributed by atoms with E-state index in [-0.39, 0.29) is 5.69 Å². The molecular formula is C13H9BrN4O3. The van der Waals surface area contributed by atoms with E-state index in [1.165, 1.54) is 12.1 Å². The SMILES string of the molecule is Cc1cc([N+](=O)[O-])ccc1Oc1nc(Br)cn2ccnc12. The molecule has 3 rings (SSSR count). The first-order valence-electron chi connectivity index (χ1n) is 5.97. The molecule has 2 heterocycles. The molecule has 2 aromatic heterocycles. The van der Waals surface area contributed by atoms with E-state index in [9.17, 15) is 10.1 Å². The molecule has 1 aromatic carbocycles. The average molecular weight is 349 g/mol. The molecule has 0 bridgehead atoms. The number of hydrogen-bond acceptors (Lipinski definition) is 5. The highest BCUT2D eigenvalue weighted by atomic mass is 79.9. The molecule has 0 spiro atoms. The molecule has 0 aliphatic heterocycles. The second-order valence-electron chi connectivity index (χ2n) is 4.34. The van der Waals surface area contributed by atoms with Gasteiger partial charge in [0, 0.05) is 30.7 Å². The maximum atomic E-state index is 10.7. The number of rotatable bonds is 3. The summed E-state index contributed by atoms with van der Waals surface area (Å²) in [7, 11) is 0. The Morgan fingerprint density at radius 2 is 2.24 bits per heavy atom. The Bertz CT molecular complexity index is 847. The second-order valence-corrected chi connectivity index (χ2v) is 5.15. The van der Waals surface area contributed by atoms with Gasteiger partial charge in [-0.2, -0.15) is 0 Å². The summed E-state index contributed by atoms with van der Waals surface area (Å²) >= 11 is 3.30. The monoisotopic (exact) mass is 348 g/mol. The van der Waals surface area contributed by atoms with Crippen LogP contribution in [0.3, 0.4) is 0 Å². The fourth-order valence-corrected chi connectivity index (χ4v) is 2.29. The van der Waals surface area contributed by atoms with Crippen LogP contribution in [-0.4, -0.2) is 19.3 Å². The molecule has 8 heteroatoms. The van der Waals surface area contributed by atoms with Crippen LogP contribution in [0.4, 0.5) is 5.69 Å². The summed E-state index contributed by atoms with van der Waals surface area (Å²) in [4.78, 5) is 18.7. The number of aromatic nitrogens is 3. The largest absolute Gasteiger partial charge is 0.436 e. The summed E-state index contributed by atoms with van der Waals surface area (Å²) in [6.45, 7) is 1.74. The van der Waals surface area contributed by atoms with Crippen molar-refractivity contribution in [3.8, 4) is 11.6 Å². The first-order chi connectivity index (χ1) is 10.0. The fourth-order valence-electron chi connectivity index (χ4n) is 1.91. The summed E-state index contributed by atoms with van der Waals surface area (Å²) in [6, 6.07) is 4.40. The van der Waals surface area contributed by atoms with Gasteiger partial charge >= 0.3 is 0 Å². The Morgan fingerprint density at radius 3 is 2.95 bits per heavy atom. The van der Waals surface area contributed by atoms with Crippen LogP contribution in [-0.2, 0) is 0 Å². The van der Waals surface area contributed by atoms with E-state index < -0.39 is 4.92 Å². The fraction of sp³-hybridized carbons (Fsp3) is 0.0769. The highest BCUT2D eigenvalue weighted by Crippen LogP contribution is 2.29. The lowest BCUT2D eigenvalue weighted by atomic mass is 10.2. The first kappa shape index (κ1) is 13.5. The third-order valence-electron chi connectivity index (χ3n) is 2.89. The minimum atomic E-state index is -0.444. The van der Waals surface area contributed by atoms with Crippen molar-refractivity contribution < 1.29 is 9.66 Å². The highest BCUT2D eigenvalue weighted by molar-refractivity contribution is 9.10. The van der Waals surface area contributed by atoms with Crippen LogP contribution >= 0.6 is 15.9 Å². The number of imidazole rings is 1. The van der Waals surface area contributed by atoms with Crippen molar-refractivity contribution in [2.24, 2.45) is 0 Å². The van der Waals surface area contributed by atoms with Crippen molar-refractivity contribution in [2.45, 2.75) is 6.92 Å². The number of nitro groups is 1. The van der Waals surface area contributed by atoms with Crippen LogP contribution in [0.15, 0.2) is 41.4 Å². The lowest BCUT2D eigenvalue weighted by Crippen LogP contribution is -1.97. The summed E-state index contributed by atoms with van der Waals surface area (Å²) in [6.07, 6.45) is 5.17. The Balaban J connectivity index is 2.02. The minimum absolute atomic E-state index is 0.0213. The molecule has 0 atom stereocenters. The normalized spacial score (nSPS) is 10.8. The zero-order valence-electron chi connectivity index (χ0n) is 10.9. The van der Waals surface area contributed by atoms with Crippen LogP contribution in [0, 0.1) is 17.0 Å². The number of non-ortho nitro benzene ring substituents is 1. The van der Waals surface area contributed by atoms with Gasteiger partial charge in [-0.3, -0.25) is 14.5 Å². The van der Waals surface area contributed by atoms with Crippen LogP contribution in [0.5, 0.6) is 11.6 Å². The third-order valence-corrected chi connectivity index (χ3v) is 3.27. The molecule has 0 aliphatic rings. The van der Waals surface area contributed by atoms with Gasteiger partial charge in [0.1, 0.15) is 10.4 Å². The quantitative estimate of drug-likeness (QED) is 0.534. The molecule has 0 unspecified atom stereocenters. The number of nitrogens with zero attached hydrogens (tertiary/aromatic N) is 4. The number of aryl methyl sites for hydroxylation is 1. The zero-order valence-corrected chi connectivity index (χ0v) is 12.4. The molecule has 0 radical (unpaired) electrons. The number of ether oxygens (including phenoxy) is 1. The molecule has 7 nitrogen and oxygen atoms in total. The maximum Gasteiger partial charge on any atom is 0.269 e. The van der Waals surface area contributed by atoms with Crippen LogP contribution < -0.4 is 4.74 Å². The summed E-state index contributed by atoms with van der Waals surface area (Å²) in [5.74, 6) is 0.822. The minimum Gasteiger partial charge on any atom is -0.436 e. The molecule has 0 saturated carbocycles. The van der Waals surface area contributed by atoms with Gasteiger partial charge in [-0.05, 0) is 34.5 Å². The predicted octanol–water partition coefficient (Wildman–Crippen LogP) is 3.50. The number of benzene rings is 1. The van der Waals surface area contributed by atoms with Crippen LogP contribution in [0.25, 0.3) is 5.65 Å².